The lowest BCUT2D eigenvalue weighted by Gasteiger charge is -2.24. The molecule has 1 saturated carbocycles. The number of nitrogens with zero attached hydrogens (tertiary/aromatic N) is 1. The first kappa shape index (κ1) is 14.5. The van der Waals surface area contributed by atoms with Gasteiger partial charge in [-0.1, -0.05) is 18.9 Å². The van der Waals surface area contributed by atoms with Crippen LogP contribution in [-0.4, -0.2) is 22.0 Å². The van der Waals surface area contributed by atoms with Crippen molar-refractivity contribution in [1.82, 2.24) is 10.3 Å². The molecule has 5 heteroatoms. The van der Waals surface area contributed by atoms with Gasteiger partial charge in [-0.2, -0.15) is 0 Å². The van der Waals surface area contributed by atoms with Gasteiger partial charge in [0.05, 0.1) is 17.2 Å². The molecule has 1 aromatic rings. The Labute approximate surface area is 118 Å². The molecule has 1 amide bonds. The maximum Gasteiger partial charge on any atom is 0.310 e. The fourth-order valence-electron chi connectivity index (χ4n) is 2.82. The molecule has 108 valence electrons. The molecule has 2 rings (SSSR count). The predicted molar refractivity (Wildman–Crippen MR) is 73.9 cm³/mol. The first-order valence-corrected chi connectivity index (χ1v) is 6.97. The minimum Gasteiger partial charge on any atom is -0.481 e. The summed E-state index contributed by atoms with van der Waals surface area (Å²) < 4.78 is 0. The van der Waals surface area contributed by atoms with Gasteiger partial charge in [0.25, 0.3) is 0 Å². The van der Waals surface area contributed by atoms with E-state index in [2.05, 4.69) is 10.3 Å². The van der Waals surface area contributed by atoms with Gasteiger partial charge in [-0.25, -0.2) is 0 Å². The third-order valence-electron chi connectivity index (χ3n) is 4.02. The fourth-order valence-corrected chi connectivity index (χ4v) is 2.82. The van der Waals surface area contributed by atoms with E-state index in [-0.39, 0.29) is 18.4 Å². The highest BCUT2D eigenvalue weighted by Crippen LogP contribution is 2.41. The lowest BCUT2D eigenvalue weighted by Crippen LogP contribution is -2.36. The molecule has 1 atom stereocenters. The van der Waals surface area contributed by atoms with E-state index in [0.717, 1.165) is 18.5 Å². The molecule has 1 aromatic heterocycles. The Morgan fingerprint density at radius 1 is 1.40 bits per heavy atom. The molecule has 2 N–H and O–H groups in total. The molecule has 0 unspecified atom stereocenters. The van der Waals surface area contributed by atoms with Crippen molar-refractivity contribution in [2.75, 3.05) is 0 Å². The Morgan fingerprint density at radius 2 is 2.10 bits per heavy atom. The second-order valence-corrected chi connectivity index (χ2v) is 5.51. The van der Waals surface area contributed by atoms with Gasteiger partial charge in [0.2, 0.25) is 5.91 Å². The number of hydrogen-bond acceptors (Lipinski definition) is 3. The maximum atomic E-state index is 12.1. The number of carbonyl (C=O) groups is 2. The summed E-state index contributed by atoms with van der Waals surface area (Å²) in [4.78, 5) is 27.7. The van der Waals surface area contributed by atoms with Crippen LogP contribution in [0.15, 0.2) is 24.4 Å². The van der Waals surface area contributed by atoms with Crippen LogP contribution in [-0.2, 0) is 9.59 Å². The Morgan fingerprint density at radius 3 is 2.65 bits per heavy atom. The van der Waals surface area contributed by atoms with Gasteiger partial charge in [-0.3, -0.25) is 14.6 Å². The zero-order valence-electron chi connectivity index (χ0n) is 11.6. The van der Waals surface area contributed by atoms with Crippen LogP contribution in [0.3, 0.4) is 0 Å². The SMILES string of the molecule is C[C@@H](NC(=O)CC1(C(=O)O)CCCC1)c1ccccn1. The second kappa shape index (κ2) is 6.03. The van der Waals surface area contributed by atoms with E-state index in [0.29, 0.717) is 12.8 Å². The lowest BCUT2D eigenvalue weighted by molar-refractivity contribution is -0.151. The number of nitrogens with one attached hydrogen (secondary N) is 1. The van der Waals surface area contributed by atoms with Crippen molar-refractivity contribution in [3.05, 3.63) is 30.1 Å². The number of hydrogen-bond donors (Lipinski definition) is 2. The molecule has 1 aliphatic carbocycles. The molecule has 20 heavy (non-hydrogen) atoms. The zero-order valence-corrected chi connectivity index (χ0v) is 11.6. The summed E-state index contributed by atoms with van der Waals surface area (Å²) >= 11 is 0. The van der Waals surface area contributed by atoms with Gasteiger partial charge in [0.15, 0.2) is 0 Å². The van der Waals surface area contributed by atoms with Gasteiger partial charge >= 0.3 is 5.97 Å². The minimum absolute atomic E-state index is 0.0551. The highest BCUT2D eigenvalue weighted by atomic mass is 16.4. The highest BCUT2D eigenvalue weighted by Gasteiger charge is 2.43. The van der Waals surface area contributed by atoms with Gasteiger partial charge < -0.3 is 10.4 Å². The molecule has 1 fully saturated rings. The number of aliphatic carboxylic acids is 1. The predicted octanol–water partition coefficient (Wildman–Crippen LogP) is 2.29. The van der Waals surface area contributed by atoms with Gasteiger partial charge in [0.1, 0.15) is 0 Å². The van der Waals surface area contributed by atoms with Crippen LogP contribution < -0.4 is 5.32 Å². The Kier molecular flexibility index (Phi) is 4.37. The summed E-state index contributed by atoms with van der Waals surface area (Å²) in [5.74, 6) is -1.07. The van der Waals surface area contributed by atoms with Crippen LogP contribution >= 0.6 is 0 Å². The number of pyridine rings is 1. The van der Waals surface area contributed by atoms with Crippen molar-refractivity contribution in [2.24, 2.45) is 5.41 Å². The topological polar surface area (TPSA) is 79.3 Å². The molecule has 5 nitrogen and oxygen atoms in total. The van der Waals surface area contributed by atoms with Crippen molar-refractivity contribution >= 4 is 11.9 Å². The van der Waals surface area contributed by atoms with Crippen molar-refractivity contribution < 1.29 is 14.7 Å². The Hall–Kier alpha value is -1.91. The standard InChI is InChI=1S/C15H20N2O3/c1-11(12-6-2-5-9-16-12)17-13(18)10-15(14(19)20)7-3-4-8-15/h2,5-6,9,11H,3-4,7-8,10H2,1H3,(H,17,18)(H,19,20)/t11-/m1/s1. The van der Waals surface area contributed by atoms with E-state index in [1.165, 1.54) is 0 Å². The van der Waals surface area contributed by atoms with Gasteiger partial charge in [-0.15, -0.1) is 0 Å². The normalized spacial score (nSPS) is 18.4. The third-order valence-corrected chi connectivity index (χ3v) is 4.02. The quantitative estimate of drug-likeness (QED) is 0.864. The van der Waals surface area contributed by atoms with Crippen molar-refractivity contribution in [3.8, 4) is 0 Å². The number of rotatable bonds is 5. The lowest BCUT2D eigenvalue weighted by atomic mass is 9.82. The molecule has 0 aliphatic heterocycles. The van der Waals surface area contributed by atoms with E-state index in [1.54, 1.807) is 6.20 Å². The van der Waals surface area contributed by atoms with Crippen LogP contribution in [0.25, 0.3) is 0 Å². The van der Waals surface area contributed by atoms with Crippen molar-refractivity contribution in [3.63, 3.8) is 0 Å². The fraction of sp³-hybridized carbons (Fsp3) is 0.533. The van der Waals surface area contributed by atoms with Crippen LogP contribution in [0, 0.1) is 5.41 Å². The minimum atomic E-state index is -0.867. The van der Waals surface area contributed by atoms with Crippen molar-refractivity contribution in [1.29, 1.82) is 0 Å². The summed E-state index contributed by atoms with van der Waals surface area (Å²) in [7, 11) is 0. The van der Waals surface area contributed by atoms with Crippen LogP contribution in [0.4, 0.5) is 0 Å². The van der Waals surface area contributed by atoms with E-state index < -0.39 is 11.4 Å². The molecule has 0 radical (unpaired) electrons. The monoisotopic (exact) mass is 276 g/mol. The first-order valence-electron chi connectivity index (χ1n) is 6.97. The summed E-state index contributed by atoms with van der Waals surface area (Å²) in [6.07, 6.45) is 4.68. The smallest absolute Gasteiger partial charge is 0.310 e. The van der Waals surface area contributed by atoms with E-state index in [4.69, 9.17) is 0 Å². The summed E-state index contributed by atoms with van der Waals surface area (Å²) in [6, 6.07) is 5.31. The van der Waals surface area contributed by atoms with Crippen LogP contribution in [0.1, 0.15) is 50.8 Å². The van der Waals surface area contributed by atoms with E-state index in [9.17, 15) is 14.7 Å². The second-order valence-electron chi connectivity index (χ2n) is 5.51. The Bertz CT molecular complexity index is 481. The molecule has 1 heterocycles. The molecular weight excluding hydrogens is 256 g/mol. The highest BCUT2D eigenvalue weighted by molar-refractivity contribution is 5.85. The number of carbonyl (C=O) groups excluding carboxylic acids is 1. The largest absolute Gasteiger partial charge is 0.481 e. The molecule has 0 aromatic carbocycles. The van der Waals surface area contributed by atoms with Crippen molar-refractivity contribution in [2.45, 2.75) is 45.1 Å². The molecule has 1 aliphatic rings. The van der Waals surface area contributed by atoms with Gasteiger partial charge in [-0.05, 0) is 31.9 Å². The van der Waals surface area contributed by atoms with Crippen LogP contribution in [0.5, 0.6) is 0 Å². The number of aromatic nitrogens is 1. The average Bonchev–Trinajstić information content (AvgIpc) is 2.89. The molecule has 0 spiro atoms. The zero-order chi connectivity index (χ0) is 14.6. The third kappa shape index (κ3) is 3.15. The summed E-state index contributed by atoms with van der Waals surface area (Å²) in [6.45, 7) is 1.85. The molecular formula is C15H20N2O3. The van der Waals surface area contributed by atoms with Crippen LogP contribution in [0.2, 0.25) is 0 Å². The number of carboxylic acid groups (broad SMARTS) is 1. The Balaban J connectivity index is 1.97. The van der Waals surface area contributed by atoms with E-state index in [1.807, 2.05) is 25.1 Å². The first-order chi connectivity index (χ1) is 9.53. The summed E-state index contributed by atoms with van der Waals surface area (Å²) in [5.41, 5.74) is -0.0925. The average molecular weight is 276 g/mol. The number of carboxylic acids is 1. The summed E-state index contributed by atoms with van der Waals surface area (Å²) in [5, 5.41) is 12.2. The molecule has 0 saturated heterocycles. The van der Waals surface area contributed by atoms with E-state index >= 15 is 0 Å². The maximum absolute atomic E-state index is 12.1. The number of amides is 1. The molecule has 0 bridgehead atoms. The van der Waals surface area contributed by atoms with Gasteiger partial charge in [0, 0.05) is 12.6 Å².